The Bertz CT molecular complexity index is 1190. The topological polar surface area (TPSA) is 51.1 Å². The number of benzene rings is 3. The van der Waals surface area contributed by atoms with Crippen molar-refractivity contribution in [3.05, 3.63) is 95.3 Å². The van der Waals surface area contributed by atoms with Gasteiger partial charge in [-0.2, -0.15) is 10.1 Å². The number of carbonyl (C=O) groups is 1. The van der Waals surface area contributed by atoms with Gasteiger partial charge in [0.05, 0.1) is 23.6 Å². The number of hydrogen-bond acceptors (Lipinski definition) is 4. The van der Waals surface area contributed by atoms with E-state index in [0.29, 0.717) is 40.6 Å². The summed E-state index contributed by atoms with van der Waals surface area (Å²) >= 11 is 0. The van der Waals surface area contributed by atoms with Gasteiger partial charge in [0.25, 0.3) is 5.91 Å². The predicted molar refractivity (Wildman–Crippen MR) is 123 cm³/mol. The average molecular weight is 430 g/mol. The molecule has 4 rings (SSSR count). The molecule has 0 bridgehead atoms. The lowest BCUT2D eigenvalue weighted by Crippen LogP contribution is -2.21. The molecule has 3 aromatic carbocycles. The molecule has 6 heteroatoms. The number of amides is 1. The minimum absolute atomic E-state index is 0.0868. The van der Waals surface area contributed by atoms with Crippen LogP contribution in [0, 0.1) is 5.82 Å². The Labute approximate surface area is 186 Å². The number of anilines is 1. The molecular formula is C26H23FN2O3. The summed E-state index contributed by atoms with van der Waals surface area (Å²) in [6, 6.07) is 21.2. The summed E-state index contributed by atoms with van der Waals surface area (Å²) in [5.74, 6) is 0.528. The van der Waals surface area contributed by atoms with Gasteiger partial charge < -0.3 is 9.47 Å². The second-order valence-electron chi connectivity index (χ2n) is 7.22. The lowest BCUT2D eigenvalue weighted by Gasteiger charge is -2.13. The standard InChI is InChI=1S/C26H23FN2O3/c1-3-31-25-16-19(13-14-24(25)32-17-20-9-7-8-12-23(20)27)15-22-18(2)28-29(26(22)30)21-10-5-4-6-11-21/h4-16H,3,17H2,1-2H3. The second kappa shape index (κ2) is 9.47. The molecule has 32 heavy (non-hydrogen) atoms. The fourth-order valence-electron chi connectivity index (χ4n) is 3.37. The molecular weight excluding hydrogens is 407 g/mol. The summed E-state index contributed by atoms with van der Waals surface area (Å²) in [4.78, 5) is 12.9. The molecule has 0 aliphatic carbocycles. The molecule has 0 spiro atoms. The largest absolute Gasteiger partial charge is 0.490 e. The number of rotatable bonds is 7. The van der Waals surface area contributed by atoms with E-state index in [0.717, 1.165) is 5.56 Å². The van der Waals surface area contributed by atoms with E-state index in [9.17, 15) is 9.18 Å². The highest BCUT2D eigenvalue weighted by Crippen LogP contribution is 2.31. The first-order valence-electron chi connectivity index (χ1n) is 10.4. The van der Waals surface area contributed by atoms with Crippen LogP contribution in [-0.2, 0) is 11.4 Å². The number of hydrazone groups is 1. The monoisotopic (exact) mass is 430 g/mol. The molecule has 0 radical (unpaired) electrons. The van der Waals surface area contributed by atoms with Gasteiger partial charge in [0.2, 0.25) is 0 Å². The zero-order chi connectivity index (χ0) is 22.5. The van der Waals surface area contributed by atoms with Crippen molar-refractivity contribution in [2.75, 3.05) is 11.6 Å². The van der Waals surface area contributed by atoms with E-state index in [1.165, 1.54) is 11.1 Å². The molecule has 1 aliphatic heterocycles. The lowest BCUT2D eigenvalue weighted by molar-refractivity contribution is -0.114. The van der Waals surface area contributed by atoms with Gasteiger partial charge in [-0.15, -0.1) is 0 Å². The summed E-state index contributed by atoms with van der Waals surface area (Å²) in [7, 11) is 0. The molecule has 1 amide bonds. The van der Waals surface area contributed by atoms with Crippen LogP contribution in [0.5, 0.6) is 11.5 Å². The normalized spacial score (nSPS) is 14.6. The predicted octanol–water partition coefficient (Wildman–Crippen LogP) is 5.61. The van der Waals surface area contributed by atoms with Crippen LogP contribution in [-0.4, -0.2) is 18.2 Å². The zero-order valence-corrected chi connectivity index (χ0v) is 17.9. The molecule has 0 aromatic heterocycles. The van der Waals surface area contributed by atoms with Gasteiger partial charge in [-0.3, -0.25) is 4.79 Å². The quantitative estimate of drug-likeness (QED) is 0.458. The van der Waals surface area contributed by atoms with Gasteiger partial charge >= 0.3 is 0 Å². The first-order valence-corrected chi connectivity index (χ1v) is 10.4. The summed E-state index contributed by atoms with van der Waals surface area (Å²) in [6.45, 7) is 4.21. The van der Waals surface area contributed by atoms with Crippen molar-refractivity contribution in [1.82, 2.24) is 0 Å². The molecule has 1 heterocycles. The molecule has 5 nitrogen and oxygen atoms in total. The molecule has 0 saturated carbocycles. The van der Waals surface area contributed by atoms with Crippen molar-refractivity contribution >= 4 is 23.4 Å². The third-order valence-electron chi connectivity index (χ3n) is 4.98. The number of nitrogens with zero attached hydrogens (tertiary/aromatic N) is 2. The minimum Gasteiger partial charge on any atom is -0.490 e. The Hall–Kier alpha value is -3.93. The van der Waals surface area contributed by atoms with E-state index in [-0.39, 0.29) is 18.3 Å². The molecule has 1 aliphatic rings. The van der Waals surface area contributed by atoms with E-state index in [1.807, 2.05) is 50.2 Å². The second-order valence-corrected chi connectivity index (χ2v) is 7.22. The molecule has 0 N–H and O–H groups in total. The molecule has 0 saturated heterocycles. The Morgan fingerprint density at radius 1 is 0.969 bits per heavy atom. The van der Waals surface area contributed by atoms with Gasteiger partial charge in [-0.1, -0.05) is 42.5 Å². The van der Waals surface area contributed by atoms with Crippen LogP contribution >= 0.6 is 0 Å². The first-order chi connectivity index (χ1) is 15.6. The van der Waals surface area contributed by atoms with Crippen molar-refractivity contribution in [2.45, 2.75) is 20.5 Å². The average Bonchev–Trinajstić information content (AvgIpc) is 3.08. The van der Waals surface area contributed by atoms with E-state index >= 15 is 0 Å². The van der Waals surface area contributed by atoms with Crippen LogP contribution in [0.1, 0.15) is 25.0 Å². The molecule has 0 unspecified atom stereocenters. The van der Waals surface area contributed by atoms with Gasteiger partial charge in [-0.25, -0.2) is 4.39 Å². The Kier molecular flexibility index (Phi) is 6.31. The molecule has 0 fully saturated rings. The highest BCUT2D eigenvalue weighted by atomic mass is 19.1. The zero-order valence-electron chi connectivity index (χ0n) is 17.9. The van der Waals surface area contributed by atoms with E-state index < -0.39 is 0 Å². The van der Waals surface area contributed by atoms with E-state index in [2.05, 4.69) is 5.10 Å². The summed E-state index contributed by atoms with van der Waals surface area (Å²) in [5, 5.41) is 5.80. The van der Waals surface area contributed by atoms with Gasteiger partial charge in [0, 0.05) is 5.56 Å². The van der Waals surface area contributed by atoms with Crippen LogP contribution in [0.3, 0.4) is 0 Å². The van der Waals surface area contributed by atoms with Crippen LogP contribution in [0.15, 0.2) is 83.5 Å². The number of hydrogen-bond donors (Lipinski definition) is 0. The molecule has 3 aromatic rings. The first kappa shape index (κ1) is 21.3. The number of carbonyl (C=O) groups excluding carboxylic acids is 1. The lowest BCUT2D eigenvalue weighted by atomic mass is 10.1. The molecule has 0 atom stereocenters. The highest BCUT2D eigenvalue weighted by Gasteiger charge is 2.28. The third-order valence-corrected chi connectivity index (χ3v) is 4.98. The summed E-state index contributed by atoms with van der Waals surface area (Å²) in [5.41, 5.74) is 3.10. The smallest absolute Gasteiger partial charge is 0.280 e. The number of para-hydroxylation sites is 1. The van der Waals surface area contributed by atoms with Crippen molar-refractivity contribution in [1.29, 1.82) is 0 Å². The van der Waals surface area contributed by atoms with Crippen molar-refractivity contribution in [2.24, 2.45) is 5.10 Å². The van der Waals surface area contributed by atoms with Crippen LogP contribution < -0.4 is 14.5 Å². The maximum Gasteiger partial charge on any atom is 0.280 e. The maximum atomic E-state index is 13.9. The summed E-state index contributed by atoms with van der Waals surface area (Å²) in [6.07, 6.45) is 1.78. The fraction of sp³-hybridized carbons (Fsp3) is 0.154. The van der Waals surface area contributed by atoms with Gasteiger partial charge in [0.1, 0.15) is 12.4 Å². The maximum absolute atomic E-state index is 13.9. The number of halogens is 1. The SMILES string of the molecule is CCOc1cc(C=C2C(=O)N(c3ccccc3)N=C2C)ccc1OCc1ccccc1F. The van der Waals surface area contributed by atoms with Crippen molar-refractivity contribution in [3.63, 3.8) is 0 Å². The van der Waals surface area contributed by atoms with Crippen molar-refractivity contribution in [3.8, 4) is 11.5 Å². The Morgan fingerprint density at radius 2 is 1.72 bits per heavy atom. The third kappa shape index (κ3) is 4.54. The van der Waals surface area contributed by atoms with Gasteiger partial charge in [0.15, 0.2) is 11.5 Å². The number of ether oxygens (including phenoxy) is 2. The Morgan fingerprint density at radius 3 is 2.47 bits per heavy atom. The highest BCUT2D eigenvalue weighted by molar-refractivity contribution is 6.32. The van der Waals surface area contributed by atoms with E-state index in [1.54, 1.807) is 36.4 Å². The Balaban J connectivity index is 1.57. The van der Waals surface area contributed by atoms with Crippen LogP contribution in [0.2, 0.25) is 0 Å². The summed E-state index contributed by atoms with van der Waals surface area (Å²) < 4.78 is 25.4. The van der Waals surface area contributed by atoms with Gasteiger partial charge in [-0.05, 0) is 55.8 Å². The van der Waals surface area contributed by atoms with E-state index in [4.69, 9.17) is 9.47 Å². The van der Waals surface area contributed by atoms with Crippen LogP contribution in [0.4, 0.5) is 10.1 Å². The fourth-order valence-corrected chi connectivity index (χ4v) is 3.37. The minimum atomic E-state index is -0.315. The van der Waals surface area contributed by atoms with Crippen LogP contribution in [0.25, 0.3) is 6.08 Å². The molecule has 162 valence electrons. The van der Waals surface area contributed by atoms with Crippen molar-refractivity contribution < 1.29 is 18.7 Å².